The number of hydrogen-bond donors (Lipinski definition) is 0. The molecule has 1 radical (unpaired) electrons. The molecule has 37 heavy (non-hydrogen) atoms. The summed E-state index contributed by atoms with van der Waals surface area (Å²) in [5, 5.41) is 0. The number of rotatable bonds is 10. The third-order valence-electron chi connectivity index (χ3n) is 8.49. The van der Waals surface area contributed by atoms with Crippen LogP contribution in [0.15, 0.2) is 85.0 Å². The molecule has 0 nitrogen and oxygen atoms in total. The molecule has 0 bridgehead atoms. The third-order valence-corrected chi connectivity index (χ3v) is 8.49. The van der Waals surface area contributed by atoms with Crippen LogP contribution < -0.4 is 0 Å². The molecule has 4 rings (SSSR count). The van der Waals surface area contributed by atoms with E-state index in [1.54, 1.807) is 0 Å². The largest absolute Gasteiger partial charge is 0.343 e. The maximum atomic E-state index is 4.68. The van der Waals surface area contributed by atoms with Crippen LogP contribution in [-0.2, 0) is 39.1 Å². The normalized spacial score (nSPS) is 16.8. The summed E-state index contributed by atoms with van der Waals surface area (Å²) in [7, 11) is 0. The standard InChI is InChI=1S/C36H43.Y/c1-8-13-31(9-2)32-18-16-24(3)34(23-32)27(6)26(5)28(7)36-20-25(4)35-22-30(17-19-33(35)36)21-29-14-11-10-12-15-29;/h10-12,14-20,22-23,27-28,31,36H,2,5,8-9,13,21H2,1,3-4,6-7H3;/q-1;/t27-,28?,31?,36?;/m1./s1. The van der Waals surface area contributed by atoms with E-state index in [9.17, 15) is 0 Å². The van der Waals surface area contributed by atoms with E-state index < -0.39 is 0 Å². The van der Waals surface area contributed by atoms with Crippen LogP contribution in [0.1, 0.15) is 104 Å². The van der Waals surface area contributed by atoms with Gasteiger partial charge in [0.1, 0.15) is 0 Å². The molecule has 0 N–H and O–H groups in total. The first kappa shape index (κ1) is 29.8. The summed E-state index contributed by atoms with van der Waals surface area (Å²) in [6.07, 6.45) is 6.81. The number of benzene rings is 3. The average molecular weight is 565 g/mol. The van der Waals surface area contributed by atoms with E-state index in [0.717, 1.165) is 12.8 Å². The van der Waals surface area contributed by atoms with Gasteiger partial charge in [-0.05, 0) is 83.0 Å². The van der Waals surface area contributed by atoms with Crippen molar-refractivity contribution < 1.29 is 32.7 Å². The fourth-order valence-corrected chi connectivity index (χ4v) is 6.07. The molecule has 1 aliphatic rings. The summed E-state index contributed by atoms with van der Waals surface area (Å²) < 4.78 is 0. The van der Waals surface area contributed by atoms with E-state index in [0.29, 0.717) is 23.7 Å². The minimum absolute atomic E-state index is 0. The fourth-order valence-electron chi connectivity index (χ4n) is 6.07. The molecule has 4 atom stereocenters. The van der Waals surface area contributed by atoms with Crippen molar-refractivity contribution in [2.24, 2.45) is 5.92 Å². The smallest absolute Gasteiger partial charge is 0.00928 e. The average Bonchev–Trinajstić information content (AvgIpc) is 3.22. The van der Waals surface area contributed by atoms with E-state index in [-0.39, 0.29) is 32.7 Å². The summed E-state index contributed by atoms with van der Waals surface area (Å²) in [6.45, 7) is 20.4. The second-order valence-corrected chi connectivity index (χ2v) is 10.9. The van der Waals surface area contributed by atoms with Crippen LogP contribution >= 0.6 is 0 Å². The van der Waals surface area contributed by atoms with Crippen molar-refractivity contribution in [1.82, 2.24) is 0 Å². The van der Waals surface area contributed by atoms with Crippen molar-refractivity contribution in [3.8, 4) is 0 Å². The molecular formula is C36H43Y-. The van der Waals surface area contributed by atoms with E-state index >= 15 is 0 Å². The Morgan fingerprint density at radius 2 is 1.68 bits per heavy atom. The molecule has 191 valence electrons. The fraction of sp³-hybridized carbons (Fsp3) is 0.361. The predicted molar refractivity (Wildman–Crippen MR) is 158 cm³/mol. The van der Waals surface area contributed by atoms with Crippen molar-refractivity contribution in [2.75, 3.05) is 0 Å². The first-order valence-electron chi connectivity index (χ1n) is 13.8. The van der Waals surface area contributed by atoms with Gasteiger partial charge in [-0.1, -0.05) is 112 Å². The van der Waals surface area contributed by atoms with Gasteiger partial charge in [0.25, 0.3) is 0 Å². The Hall–Kier alpha value is -1.76. The van der Waals surface area contributed by atoms with E-state index in [2.05, 4.69) is 121 Å². The van der Waals surface area contributed by atoms with Crippen molar-refractivity contribution >= 4 is 5.57 Å². The Bertz CT molecular complexity index is 1230. The Morgan fingerprint density at radius 1 is 0.946 bits per heavy atom. The Morgan fingerprint density at radius 3 is 2.35 bits per heavy atom. The van der Waals surface area contributed by atoms with Gasteiger partial charge in [-0.25, -0.2) is 0 Å². The molecular weight excluding hydrogens is 521 g/mol. The van der Waals surface area contributed by atoms with Gasteiger partial charge in [-0.15, -0.1) is 0 Å². The molecule has 0 aliphatic heterocycles. The van der Waals surface area contributed by atoms with Gasteiger partial charge < -0.3 is 6.92 Å². The molecule has 0 amide bonds. The summed E-state index contributed by atoms with van der Waals surface area (Å²) in [5.41, 5.74) is 12.6. The Labute approximate surface area is 251 Å². The maximum absolute atomic E-state index is 4.68. The second kappa shape index (κ2) is 13.3. The maximum Gasteiger partial charge on any atom is 0.00928 e. The summed E-state index contributed by atoms with van der Waals surface area (Å²) in [4.78, 5) is 0. The van der Waals surface area contributed by atoms with Gasteiger partial charge in [0.2, 0.25) is 0 Å². The van der Waals surface area contributed by atoms with Gasteiger partial charge in [0, 0.05) is 44.5 Å². The zero-order valence-corrected chi connectivity index (χ0v) is 26.4. The number of aryl methyl sites for hydroxylation is 1. The second-order valence-electron chi connectivity index (χ2n) is 10.9. The van der Waals surface area contributed by atoms with E-state index in [1.807, 2.05) is 0 Å². The monoisotopic (exact) mass is 564 g/mol. The first-order valence-corrected chi connectivity index (χ1v) is 13.8. The quantitative estimate of drug-likeness (QED) is 0.170. The van der Waals surface area contributed by atoms with Crippen LogP contribution in [0.3, 0.4) is 0 Å². The van der Waals surface area contributed by atoms with E-state index in [1.165, 1.54) is 62.9 Å². The topological polar surface area (TPSA) is 0 Å². The SMILES string of the molecule is C=C(C(C)C1C=C(C)c2cc(Cc3ccccc3)ccc21)[C@@H](C)c1cc(C(C[CH2-])CCC)ccc1C.[Y]. The predicted octanol–water partition coefficient (Wildman–Crippen LogP) is 10.2. The molecule has 0 heterocycles. The van der Waals surface area contributed by atoms with Crippen LogP contribution in [0.4, 0.5) is 0 Å². The molecule has 0 saturated heterocycles. The van der Waals surface area contributed by atoms with Gasteiger partial charge in [0.05, 0.1) is 0 Å². The first-order chi connectivity index (χ1) is 17.3. The molecule has 1 aliphatic carbocycles. The minimum atomic E-state index is 0. The summed E-state index contributed by atoms with van der Waals surface area (Å²) >= 11 is 0. The molecule has 0 spiro atoms. The number of fused-ring (bicyclic) bond motifs is 1. The van der Waals surface area contributed by atoms with Gasteiger partial charge in [-0.2, -0.15) is 6.42 Å². The van der Waals surface area contributed by atoms with E-state index in [4.69, 9.17) is 0 Å². The van der Waals surface area contributed by atoms with Gasteiger partial charge in [0.15, 0.2) is 0 Å². The number of hydrogen-bond acceptors (Lipinski definition) is 0. The Kier molecular flexibility index (Phi) is 10.7. The molecule has 0 saturated carbocycles. The van der Waals surface area contributed by atoms with Crippen molar-refractivity contribution in [1.29, 1.82) is 0 Å². The van der Waals surface area contributed by atoms with Crippen molar-refractivity contribution in [3.63, 3.8) is 0 Å². The molecule has 3 unspecified atom stereocenters. The molecule has 0 aromatic heterocycles. The van der Waals surface area contributed by atoms with Crippen LogP contribution in [0.5, 0.6) is 0 Å². The zero-order valence-electron chi connectivity index (χ0n) is 23.6. The number of allylic oxidation sites excluding steroid dienone is 3. The Balaban J connectivity index is 0.00000380. The summed E-state index contributed by atoms with van der Waals surface area (Å²) in [6, 6.07) is 24.9. The van der Waals surface area contributed by atoms with Crippen LogP contribution in [-0.4, -0.2) is 0 Å². The van der Waals surface area contributed by atoms with Crippen LogP contribution in [0, 0.1) is 19.8 Å². The van der Waals surface area contributed by atoms with Crippen LogP contribution in [0.25, 0.3) is 5.57 Å². The zero-order chi connectivity index (χ0) is 25.8. The molecule has 3 aromatic carbocycles. The van der Waals surface area contributed by atoms with Crippen LogP contribution in [0.2, 0.25) is 0 Å². The molecule has 0 fully saturated rings. The van der Waals surface area contributed by atoms with Gasteiger partial charge >= 0.3 is 0 Å². The van der Waals surface area contributed by atoms with Gasteiger partial charge in [-0.3, -0.25) is 0 Å². The van der Waals surface area contributed by atoms with Crippen molar-refractivity contribution in [2.45, 2.75) is 78.1 Å². The molecule has 3 aromatic rings. The summed E-state index contributed by atoms with van der Waals surface area (Å²) in [5.74, 6) is 1.63. The third kappa shape index (κ3) is 6.64. The minimum Gasteiger partial charge on any atom is -0.343 e. The molecule has 1 heteroatoms. The van der Waals surface area contributed by atoms with Crippen molar-refractivity contribution in [3.05, 3.63) is 131 Å².